The van der Waals surface area contributed by atoms with Gasteiger partial charge in [0, 0.05) is 17.1 Å². The topological polar surface area (TPSA) is 64.1 Å². The molecular weight excluding hydrogens is 418 g/mol. The summed E-state index contributed by atoms with van der Waals surface area (Å²) >= 11 is 0. The molecule has 0 saturated carbocycles. The van der Waals surface area contributed by atoms with Crippen molar-refractivity contribution in [1.82, 2.24) is 4.98 Å². The Morgan fingerprint density at radius 3 is 2.06 bits per heavy atom. The van der Waals surface area contributed by atoms with Crippen LogP contribution < -0.4 is 0 Å². The second-order valence-electron chi connectivity index (χ2n) is 8.40. The lowest BCUT2D eigenvalue weighted by atomic mass is 9.99. The van der Waals surface area contributed by atoms with Crippen LogP contribution in [0.3, 0.4) is 0 Å². The molecule has 0 fully saturated rings. The summed E-state index contributed by atoms with van der Waals surface area (Å²) in [5.74, 6) is -0.355. The van der Waals surface area contributed by atoms with Gasteiger partial charge >= 0.3 is 0 Å². The number of carbonyl (C=O) groups is 1. The molecule has 0 amide bonds. The Morgan fingerprint density at radius 2 is 1.41 bits per heavy atom. The summed E-state index contributed by atoms with van der Waals surface area (Å²) in [6.45, 7) is 9.61. The van der Waals surface area contributed by atoms with Crippen LogP contribution in [-0.2, 0) is 9.84 Å². The lowest BCUT2D eigenvalue weighted by molar-refractivity contribution is 0.103. The number of ketones is 1. The molecule has 4 nitrogen and oxygen atoms in total. The Kier molecular flexibility index (Phi) is 5.47. The molecule has 0 bridgehead atoms. The van der Waals surface area contributed by atoms with Crippen molar-refractivity contribution >= 4 is 26.5 Å². The summed E-state index contributed by atoms with van der Waals surface area (Å²) < 4.78 is 27.8. The average Bonchev–Trinajstić information content (AvgIpc) is 2.75. The van der Waals surface area contributed by atoms with E-state index in [4.69, 9.17) is 0 Å². The first-order valence-corrected chi connectivity index (χ1v) is 11.9. The van der Waals surface area contributed by atoms with Gasteiger partial charge in [0.1, 0.15) is 0 Å². The summed E-state index contributed by atoms with van der Waals surface area (Å²) in [5.41, 5.74) is 5.88. The average molecular weight is 444 g/mol. The summed E-state index contributed by atoms with van der Waals surface area (Å²) in [7, 11) is -3.98. The summed E-state index contributed by atoms with van der Waals surface area (Å²) in [6.07, 6.45) is 1.39. The lowest BCUT2D eigenvalue weighted by Gasteiger charge is -2.15. The second kappa shape index (κ2) is 7.99. The van der Waals surface area contributed by atoms with Gasteiger partial charge in [-0.2, -0.15) is 0 Å². The first-order chi connectivity index (χ1) is 15.1. The fourth-order valence-electron chi connectivity index (χ4n) is 3.77. The van der Waals surface area contributed by atoms with E-state index in [1.54, 1.807) is 42.5 Å². The first-order valence-electron chi connectivity index (χ1n) is 10.4. The number of rotatable bonds is 4. The standard InChI is InChI=1S/C27H25NO3S/c1-16-6-11-25-23(12-16)27(32(30,31)22-10-8-18(3)20(5)14-22)24(15-28-25)26(29)21-9-7-17(2)19(4)13-21/h6-15H,1-5H3. The van der Waals surface area contributed by atoms with Crippen molar-refractivity contribution in [2.45, 2.75) is 44.4 Å². The zero-order valence-electron chi connectivity index (χ0n) is 18.9. The molecule has 0 unspecified atom stereocenters. The van der Waals surface area contributed by atoms with Crippen molar-refractivity contribution in [3.05, 3.63) is 99.7 Å². The van der Waals surface area contributed by atoms with Crippen LogP contribution in [0.1, 0.15) is 43.7 Å². The van der Waals surface area contributed by atoms with Gasteiger partial charge in [0.2, 0.25) is 9.84 Å². The Morgan fingerprint density at radius 1 is 0.750 bits per heavy atom. The molecule has 0 aliphatic carbocycles. The molecule has 3 aromatic carbocycles. The van der Waals surface area contributed by atoms with Crippen LogP contribution in [0.5, 0.6) is 0 Å². The number of carbonyl (C=O) groups excluding carboxylic acids is 1. The van der Waals surface area contributed by atoms with Crippen molar-refractivity contribution < 1.29 is 13.2 Å². The number of benzene rings is 3. The van der Waals surface area contributed by atoms with Gasteiger partial charge < -0.3 is 0 Å². The van der Waals surface area contributed by atoms with E-state index in [9.17, 15) is 13.2 Å². The molecule has 0 saturated heterocycles. The highest BCUT2D eigenvalue weighted by molar-refractivity contribution is 7.91. The van der Waals surface area contributed by atoms with E-state index in [2.05, 4.69) is 4.98 Å². The number of aromatic nitrogens is 1. The molecular formula is C27H25NO3S. The third-order valence-corrected chi connectivity index (χ3v) is 7.90. The Hall–Kier alpha value is -3.31. The number of nitrogens with zero attached hydrogens (tertiary/aromatic N) is 1. The monoisotopic (exact) mass is 443 g/mol. The smallest absolute Gasteiger partial charge is 0.208 e. The fourth-order valence-corrected chi connectivity index (χ4v) is 5.47. The molecule has 4 aromatic rings. The number of sulfone groups is 1. The van der Waals surface area contributed by atoms with E-state index in [0.29, 0.717) is 16.5 Å². The third kappa shape index (κ3) is 3.73. The number of hydrogen-bond acceptors (Lipinski definition) is 4. The van der Waals surface area contributed by atoms with Gasteiger partial charge in [-0.1, -0.05) is 29.8 Å². The van der Waals surface area contributed by atoms with Crippen molar-refractivity contribution in [3.63, 3.8) is 0 Å². The van der Waals surface area contributed by atoms with Gasteiger partial charge in [-0.3, -0.25) is 9.78 Å². The fraction of sp³-hybridized carbons (Fsp3) is 0.185. The van der Waals surface area contributed by atoms with Gasteiger partial charge in [-0.05, 0) is 87.2 Å². The molecule has 0 aliphatic rings. The normalized spacial score (nSPS) is 11.7. The van der Waals surface area contributed by atoms with Crippen LogP contribution >= 0.6 is 0 Å². The van der Waals surface area contributed by atoms with Crippen molar-refractivity contribution in [2.75, 3.05) is 0 Å². The maximum atomic E-state index is 13.9. The van der Waals surface area contributed by atoms with Crippen LogP contribution in [0.4, 0.5) is 0 Å². The predicted molar refractivity (Wildman–Crippen MR) is 127 cm³/mol. The molecule has 0 N–H and O–H groups in total. The minimum atomic E-state index is -3.98. The molecule has 0 aliphatic heterocycles. The SMILES string of the molecule is Cc1ccc2ncc(C(=O)c3ccc(C)c(C)c3)c(S(=O)(=O)c3ccc(C)c(C)c3)c2c1. The maximum absolute atomic E-state index is 13.9. The van der Waals surface area contributed by atoms with E-state index in [0.717, 1.165) is 27.8 Å². The minimum absolute atomic E-state index is 0.0117. The Balaban J connectivity index is 2.04. The van der Waals surface area contributed by atoms with Gasteiger partial charge in [0.25, 0.3) is 0 Å². The van der Waals surface area contributed by atoms with Gasteiger partial charge in [0.15, 0.2) is 5.78 Å². The molecule has 0 radical (unpaired) electrons. The van der Waals surface area contributed by atoms with Crippen LogP contribution in [0.25, 0.3) is 10.9 Å². The number of pyridine rings is 1. The lowest BCUT2D eigenvalue weighted by Crippen LogP contribution is -2.13. The summed E-state index contributed by atoms with van der Waals surface area (Å²) in [5, 5.41) is 0.456. The summed E-state index contributed by atoms with van der Waals surface area (Å²) in [6, 6.07) is 15.9. The predicted octanol–water partition coefficient (Wildman–Crippen LogP) is 5.84. The molecule has 0 spiro atoms. The van der Waals surface area contributed by atoms with E-state index < -0.39 is 9.84 Å². The van der Waals surface area contributed by atoms with E-state index in [1.807, 2.05) is 46.8 Å². The molecule has 0 atom stereocenters. The molecule has 32 heavy (non-hydrogen) atoms. The highest BCUT2D eigenvalue weighted by atomic mass is 32.2. The zero-order valence-corrected chi connectivity index (χ0v) is 19.7. The van der Waals surface area contributed by atoms with Crippen molar-refractivity contribution in [2.24, 2.45) is 0 Å². The number of fused-ring (bicyclic) bond motifs is 1. The quantitative estimate of drug-likeness (QED) is 0.372. The zero-order chi connectivity index (χ0) is 23.2. The van der Waals surface area contributed by atoms with Crippen molar-refractivity contribution in [1.29, 1.82) is 0 Å². The van der Waals surface area contributed by atoms with Gasteiger partial charge in [0.05, 0.1) is 20.9 Å². The van der Waals surface area contributed by atoms with E-state index in [-0.39, 0.29) is 21.1 Å². The molecule has 1 heterocycles. The number of hydrogen-bond donors (Lipinski definition) is 0. The third-order valence-electron chi connectivity index (χ3n) is 6.05. The Labute approximate surface area is 188 Å². The molecule has 162 valence electrons. The molecule has 4 rings (SSSR count). The van der Waals surface area contributed by atoms with Crippen LogP contribution in [0.2, 0.25) is 0 Å². The van der Waals surface area contributed by atoms with Crippen LogP contribution in [0, 0.1) is 34.6 Å². The maximum Gasteiger partial charge on any atom is 0.208 e. The minimum Gasteiger partial charge on any atom is -0.289 e. The molecule has 5 heteroatoms. The van der Waals surface area contributed by atoms with E-state index >= 15 is 0 Å². The number of aryl methyl sites for hydroxylation is 5. The van der Waals surface area contributed by atoms with Gasteiger partial charge in [-0.15, -0.1) is 0 Å². The van der Waals surface area contributed by atoms with Crippen LogP contribution in [0.15, 0.2) is 70.6 Å². The second-order valence-corrected chi connectivity index (χ2v) is 10.3. The highest BCUT2D eigenvalue weighted by Gasteiger charge is 2.29. The van der Waals surface area contributed by atoms with Gasteiger partial charge in [-0.25, -0.2) is 8.42 Å². The van der Waals surface area contributed by atoms with Crippen molar-refractivity contribution in [3.8, 4) is 0 Å². The highest BCUT2D eigenvalue weighted by Crippen LogP contribution is 2.33. The largest absolute Gasteiger partial charge is 0.289 e. The van der Waals surface area contributed by atoms with Crippen LogP contribution in [-0.4, -0.2) is 19.2 Å². The summed E-state index contributed by atoms with van der Waals surface area (Å²) in [4.78, 5) is 18.2. The van der Waals surface area contributed by atoms with E-state index in [1.165, 1.54) is 6.20 Å². The first kappa shape index (κ1) is 21.9. The Bertz CT molecular complexity index is 1500. The molecule has 1 aromatic heterocycles.